The summed E-state index contributed by atoms with van der Waals surface area (Å²) < 4.78 is 0. The van der Waals surface area contributed by atoms with Gasteiger partial charge in [-0.25, -0.2) is 9.59 Å². The zero-order chi connectivity index (χ0) is 15.3. The number of carboxylic acids is 1. The molecule has 0 unspecified atom stereocenters. The SMILES string of the molecule is CCc1cccc(NC(=O)N[C@H](C(=O)O)C(C)(C)C)c1. The fourth-order valence-corrected chi connectivity index (χ4v) is 1.82. The zero-order valence-corrected chi connectivity index (χ0v) is 12.4. The van der Waals surface area contributed by atoms with E-state index in [1.807, 2.05) is 25.1 Å². The van der Waals surface area contributed by atoms with Gasteiger partial charge in [0, 0.05) is 5.69 Å². The van der Waals surface area contributed by atoms with Crippen LogP contribution in [0.15, 0.2) is 24.3 Å². The van der Waals surface area contributed by atoms with E-state index in [0.717, 1.165) is 12.0 Å². The number of nitrogens with one attached hydrogen (secondary N) is 2. The summed E-state index contributed by atoms with van der Waals surface area (Å²) in [7, 11) is 0. The Labute approximate surface area is 119 Å². The zero-order valence-electron chi connectivity index (χ0n) is 12.4. The summed E-state index contributed by atoms with van der Waals surface area (Å²) in [6.07, 6.45) is 0.872. The van der Waals surface area contributed by atoms with Gasteiger partial charge in [-0.3, -0.25) is 0 Å². The molecule has 1 rings (SSSR count). The summed E-state index contributed by atoms with van der Waals surface area (Å²) >= 11 is 0. The molecule has 5 heteroatoms. The lowest BCUT2D eigenvalue weighted by Gasteiger charge is -2.27. The Morgan fingerprint density at radius 2 is 1.95 bits per heavy atom. The number of benzene rings is 1. The molecule has 1 atom stereocenters. The lowest BCUT2D eigenvalue weighted by atomic mass is 9.87. The van der Waals surface area contributed by atoms with Crippen LogP contribution >= 0.6 is 0 Å². The normalized spacial score (nSPS) is 12.6. The third-order valence-electron chi connectivity index (χ3n) is 2.98. The Balaban J connectivity index is 2.73. The minimum atomic E-state index is -1.05. The molecule has 110 valence electrons. The number of carboxylic acid groups (broad SMARTS) is 1. The van der Waals surface area contributed by atoms with Crippen molar-refractivity contribution in [2.75, 3.05) is 5.32 Å². The van der Waals surface area contributed by atoms with E-state index in [2.05, 4.69) is 10.6 Å². The highest BCUT2D eigenvalue weighted by Gasteiger charge is 2.32. The van der Waals surface area contributed by atoms with E-state index >= 15 is 0 Å². The summed E-state index contributed by atoms with van der Waals surface area (Å²) in [6, 6.07) is 6.00. The molecule has 1 aromatic rings. The monoisotopic (exact) mass is 278 g/mol. The van der Waals surface area contributed by atoms with Gasteiger partial charge in [-0.15, -0.1) is 0 Å². The van der Waals surface area contributed by atoms with Gasteiger partial charge in [-0.2, -0.15) is 0 Å². The minimum absolute atomic E-state index is 0.513. The summed E-state index contributed by atoms with van der Waals surface area (Å²) in [4.78, 5) is 23.1. The Morgan fingerprint density at radius 3 is 2.45 bits per heavy atom. The maximum absolute atomic E-state index is 11.9. The van der Waals surface area contributed by atoms with Gasteiger partial charge < -0.3 is 15.7 Å². The second-order valence-electron chi connectivity index (χ2n) is 5.79. The van der Waals surface area contributed by atoms with E-state index in [1.54, 1.807) is 26.8 Å². The summed E-state index contributed by atoms with van der Waals surface area (Å²) in [5.41, 5.74) is 1.20. The molecule has 3 N–H and O–H groups in total. The van der Waals surface area contributed by atoms with E-state index in [9.17, 15) is 9.59 Å². The van der Waals surface area contributed by atoms with Crippen LogP contribution in [-0.4, -0.2) is 23.1 Å². The van der Waals surface area contributed by atoms with Gasteiger partial charge in [-0.05, 0) is 29.5 Å². The molecule has 2 amide bonds. The van der Waals surface area contributed by atoms with Crippen LogP contribution in [0.3, 0.4) is 0 Å². The second kappa shape index (κ2) is 6.41. The van der Waals surface area contributed by atoms with Crippen LogP contribution in [0.2, 0.25) is 0 Å². The number of hydrogen-bond acceptors (Lipinski definition) is 2. The Kier molecular flexibility index (Phi) is 5.13. The molecule has 0 spiro atoms. The van der Waals surface area contributed by atoms with E-state index in [0.29, 0.717) is 5.69 Å². The lowest BCUT2D eigenvalue weighted by molar-refractivity contribution is -0.141. The van der Waals surface area contributed by atoms with Gasteiger partial charge in [-0.1, -0.05) is 39.8 Å². The fourth-order valence-electron chi connectivity index (χ4n) is 1.82. The van der Waals surface area contributed by atoms with Crippen LogP contribution < -0.4 is 10.6 Å². The number of urea groups is 1. The predicted octanol–water partition coefficient (Wildman–Crippen LogP) is 2.87. The Morgan fingerprint density at radius 1 is 1.30 bits per heavy atom. The molecule has 0 aliphatic heterocycles. The molecule has 5 nitrogen and oxygen atoms in total. The van der Waals surface area contributed by atoms with E-state index in [4.69, 9.17) is 5.11 Å². The summed E-state index contributed by atoms with van der Waals surface area (Å²) in [5, 5.41) is 14.3. The van der Waals surface area contributed by atoms with Gasteiger partial charge in [0.25, 0.3) is 0 Å². The largest absolute Gasteiger partial charge is 0.480 e. The Bertz CT molecular complexity index is 492. The number of aryl methyl sites for hydroxylation is 1. The van der Waals surface area contributed by atoms with Crippen molar-refractivity contribution in [2.24, 2.45) is 5.41 Å². The first-order chi connectivity index (χ1) is 9.24. The average Bonchev–Trinajstić information content (AvgIpc) is 2.34. The molecule has 0 heterocycles. The van der Waals surface area contributed by atoms with Crippen molar-refractivity contribution in [1.82, 2.24) is 5.32 Å². The number of rotatable bonds is 4. The molecular weight excluding hydrogens is 256 g/mol. The smallest absolute Gasteiger partial charge is 0.326 e. The van der Waals surface area contributed by atoms with Crippen molar-refractivity contribution < 1.29 is 14.7 Å². The molecule has 0 aliphatic rings. The third kappa shape index (κ3) is 4.57. The van der Waals surface area contributed by atoms with Crippen LogP contribution in [-0.2, 0) is 11.2 Å². The van der Waals surface area contributed by atoms with Gasteiger partial charge >= 0.3 is 12.0 Å². The molecule has 0 saturated carbocycles. The minimum Gasteiger partial charge on any atom is -0.480 e. The van der Waals surface area contributed by atoms with Crippen LogP contribution in [0.5, 0.6) is 0 Å². The molecule has 1 aromatic carbocycles. The molecule has 0 fully saturated rings. The molecule has 0 bridgehead atoms. The standard InChI is InChI=1S/C15H22N2O3/c1-5-10-7-6-8-11(9-10)16-14(20)17-12(13(18)19)15(2,3)4/h6-9,12H,5H2,1-4H3,(H,18,19)(H2,16,17,20)/t12-/m1/s1. The molecule has 20 heavy (non-hydrogen) atoms. The molecule has 0 aromatic heterocycles. The molecular formula is C15H22N2O3. The van der Waals surface area contributed by atoms with Crippen LogP contribution in [0.4, 0.5) is 10.5 Å². The Hall–Kier alpha value is -2.04. The number of amides is 2. The van der Waals surface area contributed by atoms with Gasteiger partial charge in [0.1, 0.15) is 6.04 Å². The summed E-state index contributed by atoms with van der Waals surface area (Å²) in [6.45, 7) is 7.33. The average molecular weight is 278 g/mol. The quantitative estimate of drug-likeness (QED) is 0.792. The highest BCUT2D eigenvalue weighted by atomic mass is 16.4. The first kappa shape index (κ1) is 16.0. The van der Waals surface area contributed by atoms with Crippen molar-refractivity contribution in [3.63, 3.8) is 0 Å². The van der Waals surface area contributed by atoms with Crippen LogP contribution in [0.25, 0.3) is 0 Å². The van der Waals surface area contributed by atoms with Crippen LogP contribution in [0.1, 0.15) is 33.3 Å². The maximum atomic E-state index is 11.9. The number of carbonyl (C=O) groups is 2. The highest BCUT2D eigenvalue weighted by molar-refractivity contribution is 5.92. The van der Waals surface area contributed by atoms with E-state index in [1.165, 1.54) is 0 Å². The van der Waals surface area contributed by atoms with Crippen molar-refractivity contribution in [3.05, 3.63) is 29.8 Å². The number of aliphatic carboxylic acids is 1. The van der Waals surface area contributed by atoms with E-state index in [-0.39, 0.29) is 0 Å². The van der Waals surface area contributed by atoms with Crippen molar-refractivity contribution in [2.45, 2.75) is 40.2 Å². The molecule has 0 saturated heterocycles. The van der Waals surface area contributed by atoms with Gasteiger partial charge in [0.15, 0.2) is 0 Å². The first-order valence-corrected chi connectivity index (χ1v) is 6.63. The lowest BCUT2D eigenvalue weighted by Crippen LogP contribution is -2.50. The second-order valence-corrected chi connectivity index (χ2v) is 5.79. The number of hydrogen-bond donors (Lipinski definition) is 3. The van der Waals surface area contributed by atoms with Gasteiger partial charge in [0.05, 0.1) is 0 Å². The van der Waals surface area contributed by atoms with Crippen molar-refractivity contribution >= 4 is 17.7 Å². The topological polar surface area (TPSA) is 78.4 Å². The highest BCUT2D eigenvalue weighted by Crippen LogP contribution is 2.19. The maximum Gasteiger partial charge on any atom is 0.326 e. The van der Waals surface area contributed by atoms with Crippen molar-refractivity contribution in [1.29, 1.82) is 0 Å². The molecule has 0 aliphatic carbocycles. The first-order valence-electron chi connectivity index (χ1n) is 6.63. The van der Waals surface area contributed by atoms with Crippen LogP contribution in [0, 0.1) is 5.41 Å². The van der Waals surface area contributed by atoms with Crippen molar-refractivity contribution in [3.8, 4) is 0 Å². The third-order valence-corrected chi connectivity index (χ3v) is 2.98. The fraction of sp³-hybridized carbons (Fsp3) is 0.467. The van der Waals surface area contributed by atoms with Gasteiger partial charge in [0.2, 0.25) is 0 Å². The molecule has 0 radical (unpaired) electrons. The predicted molar refractivity (Wildman–Crippen MR) is 78.9 cm³/mol. The number of anilines is 1. The summed E-state index contributed by atoms with van der Waals surface area (Å²) in [5.74, 6) is -1.05. The van der Waals surface area contributed by atoms with E-state index < -0.39 is 23.5 Å². The number of carbonyl (C=O) groups excluding carboxylic acids is 1.